The Labute approximate surface area is 134 Å². The van der Waals surface area contributed by atoms with Gasteiger partial charge in [-0.05, 0) is 30.5 Å². The number of hydrazone groups is 1. The number of amides is 1. The Morgan fingerprint density at radius 2 is 2.04 bits per heavy atom. The van der Waals surface area contributed by atoms with Crippen molar-refractivity contribution < 1.29 is 17.5 Å². The van der Waals surface area contributed by atoms with Gasteiger partial charge in [0.1, 0.15) is 0 Å². The van der Waals surface area contributed by atoms with Crippen LogP contribution in [0.2, 0.25) is 0 Å². The largest absolute Gasteiger partial charge is 0.399 e. The summed E-state index contributed by atoms with van der Waals surface area (Å²) in [5.41, 5.74) is 10.2. The second-order valence-electron chi connectivity index (χ2n) is 5.71. The van der Waals surface area contributed by atoms with Crippen molar-refractivity contribution in [1.82, 2.24) is 10.5 Å². The number of rotatable bonds is 3. The molecule has 3 N–H and O–H groups in total. The molecular weight excluding hydrogens is 320 g/mol. The van der Waals surface area contributed by atoms with Gasteiger partial charge in [0.2, 0.25) is 5.91 Å². The average molecular weight is 338 g/mol. The van der Waals surface area contributed by atoms with Gasteiger partial charge in [-0.3, -0.25) is 4.79 Å². The van der Waals surface area contributed by atoms with E-state index < -0.39 is 22.1 Å². The molecule has 1 saturated heterocycles. The molecule has 2 aliphatic rings. The monoisotopic (exact) mass is 338 g/mol. The molecule has 1 amide bonds. The molecular formula is C14H18N4O4S. The fourth-order valence-corrected chi connectivity index (χ4v) is 3.49. The first-order valence-electron chi connectivity index (χ1n) is 7.25. The Balaban J connectivity index is 2.00. The number of anilines is 1. The summed E-state index contributed by atoms with van der Waals surface area (Å²) in [5, 5.41) is 5.48. The van der Waals surface area contributed by atoms with Crippen molar-refractivity contribution in [3.05, 3.63) is 29.8 Å². The number of hydroxylamine groups is 2. The standard InChI is InChI=1S/C14H18N4O4S/c1-23(20,21)22-18-8-2-3-11-13(18)12(16-17-14(11)19)9-4-6-10(15)7-5-9/h4-7,11,13H,2-3,8,15H2,1H3,(H,17,19). The second kappa shape index (κ2) is 5.91. The Hall–Kier alpha value is -1.97. The van der Waals surface area contributed by atoms with Crippen LogP contribution in [0.25, 0.3) is 0 Å². The number of hydrogen-bond donors (Lipinski definition) is 2. The fourth-order valence-electron chi connectivity index (χ4n) is 2.98. The number of nitrogens with one attached hydrogen (secondary N) is 1. The highest BCUT2D eigenvalue weighted by Crippen LogP contribution is 2.30. The SMILES string of the molecule is CS(=O)(=O)ON1CCCC2C(=O)NN=C(c3ccc(N)cc3)C21. The van der Waals surface area contributed by atoms with Gasteiger partial charge in [0, 0.05) is 12.2 Å². The van der Waals surface area contributed by atoms with Gasteiger partial charge in [-0.25, -0.2) is 5.43 Å². The van der Waals surface area contributed by atoms with Gasteiger partial charge in [0.25, 0.3) is 10.1 Å². The number of hydrogen-bond acceptors (Lipinski definition) is 7. The van der Waals surface area contributed by atoms with E-state index in [1.807, 2.05) is 0 Å². The zero-order valence-electron chi connectivity index (χ0n) is 12.6. The van der Waals surface area contributed by atoms with Crippen LogP contribution < -0.4 is 11.2 Å². The fraction of sp³-hybridized carbons (Fsp3) is 0.429. The van der Waals surface area contributed by atoms with Crippen LogP contribution in [-0.2, 0) is 19.2 Å². The smallest absolute Gasteiger partial charge is 0.280 e. The van der Waals surface area contributed by atoms with Crippen LogP contribution in [0.5, 0.6) is 0 Å². The van der Waals surface area contributed by atoms with Crippen molar-refractivity contribution in [2.45, 2.75) is 18.9 Å². The van der Waals surface area contributed by atoms with Crippen LogP contribution in [0.4, 0.5) is 5.69 Å². The number of fused-ring (bicyclic) bond motifs is 1. The topological polar surface area (TPSA) is 114 Å². The Bertz CT molecular complexity index is 745. The maximum Gasteiger partial charge on any atom is 0.280 e. The van der Waals surface area contributed by atoms with Crippen molar-refractivity contribution in [3.8, 4) is 0 Å². The number of benzene rings is 1. The lowest BCUT2D eigenvalue weighted by Gasteiger charge is -2.40. The number of piperidine rings is 1. The van der Waals surface area contributed by atoms with E-state index in [1.54, 1.807) is 24.3 Å². The molecule has 2 atom stereocenters. The molecule has 8 nitrogen and oxygen atoms in total. The molecule has 23 heavy (non-hydrogen) atoms. The summed E-state index contributed by atoms with van der Waals surface area (Å²) < 4.78 is 28.1. The number of nitrogens with two attached hydrogens (primary N) is 1. The first-order chi connectivity index (χ1) is 10.8. The first kappa shape index (κ1) is 15.9. The van der Waals surface area contributed by atoms with Crippen LogP contribution >= 0.6 is 0 Å². The Morgan fingerprint density at radius 3 is 2.70 bits per heavy atom. The van der Waals surface area contributed by atoms with E-state index in [4.69, 9.17) is 10.0 Å². The lowest BCUT2D eigenvalue weighted by Crippen LogP contribution is -2.57. The van der Waals surface area contributed by atoms with Crippen molar-refractivity contribution in [2.24, 2.45) is 11.0 Å². The molecule has 1 fully saturated rings. The highest BCUT2D eigenvalue weighted by Gasteiger charge is 2.44. The van der Waals surface area contributed by atoms with Gasteiger partial charge in [0.15, 0.2) is 0 Å². The quantitative estimate of drug-likeness (QED) is 0.754. The van der Waals surface area contributed by atoms with Crippen LogP contribution in [0.1, 0.15) is 18.4 Å². The molecule has 3 rings (SSSR count). The molecule has 1 aromatic carbocycles. The van der Waals surface area contributed by atoms with Gasteiger partial charge in [-0.15, -0.1) is 0 Å². The van der Waals surface area contributed by atoms with E-state index in [1.165, 1.54) is 5.06 Å². The lowest BCUT2D eigenvalue weighted by molar-refractivity contribution is -0.142. The average Bonchev–Trinajstić information content (AvgIpc) is 2.48. The minimum atomic E-state index is -3.68. The molecule has 124 valence electrons. The predicted molar refractivity (Wildman–Crippen MR) is 84.7 cm³/mol. The summed E-state index contributed by atoms with van der Waals surface area (Å²) >= 11 is 0. The number of nitrogens with zero attached hydrogens (tertiary/aromatic N) is 2. The van der Waals surface area contributed by atoms with Crippen LogP contribution in [0, 0.1) is 5.92 Å². The van der Waals surface area contributed by atoms with Crippen molar-refractivity contribution in [2.75, 3.05) is 18.5 Å². The third-order valence-corrected chi connectivity index (χ3v) is 4.39. The zero-order valence-corrected chi connectivity index (χ0v) is 13.4. The maximum atomic E-state index is 12.1. The highest BCUT2D eigenvalue weighted by molar-refractivity contribution is 7.85. The van der Waals surface area contributed by atoms with Crippen LogP contribution in [0.3, 0.4) is 0 Å². The minimum absolute atomic E-state index is 0.226. The molecule has 0 spiro atoms. The van der Waals surface area contributed by atoms with E-state index in [0.717, 1.165) is 11.8 Å². The summed E-state index contributed by atoms with van der Waals surface area (Å²) in [6.45, 7) is 0.412. The van der Waals surface area contributed by atoms with E-state index in [9.17, 15) is 13.2 Å². The molecule has 0 aliphatic carbocycles. The van der Waals surface area contributed by atoms with E-state index in [-0.39, 0.29) is 5.91 Å². The molecule has 2 aliphatic heterocycles. The second-order valence-corrected chi connectivity index (χ2v) is 7.27. The van der Waals surface area contributed by atoms with Crippen LogP contribution in [-0.4, -0.2) is 43.9 Å². The molecule has 0 saturated carbocycles. The zero-order chi connectivity index (χ0) is 16.6. The third-order valence-electron chi connectivity index (χ3n) is 3.93. The molecule has 2 heterocycles. The molecule has 1 aromatic rings. The van der Waals surface area contributed by atoms with E-state index in [2.05, 4.69) is 10.5 Å². The van der Waals surface area contributed by atoms with E-state index >= 15 is 0 Å². The number of carbonyl (C=O) groups is 1. The predicted octanol–water partition coefficient (Wildman–Crippen LogP) is 0.0745. The minimum Gasteiger partial charge on any atom is -0.399 e. The molecule has 0 aromatic heterocycles. The third kappa shape index (κ3) is 3.36. The van der Waals surface area contributed by atoms with Gasteiger partial charge in [0.05, 0.1) is 23.9 Å². The summed E-state index contributed by atoms with van der Waals surface area (Å²) in [6.07, 6.45) is 2.30. The van der Waals surface area contributed by atoms with Crippen molar-refractivity contribution >= 4 is 27.4 Å². The first-order valence-corrected chi connectivity index (χ1v) is 9.06. The Kier molecular flexibility index (Phi) is 4.09. The normalized spacial score (nSPS) is 25.4. The summed E-state index contributed by atoms with van der Waals surface area (Å²) in [5.74, 6) is -0.633. The Morgan fingerprint density at radius 1 is 1.35 bits per heavy atom. The lowest BCUT2D eigenvalue weighted by atomic mass is 9.83. The summed E-state index contributed by atoms with van der Waals surface area (Å²) in [7, 11) is -3.68. The maximum absolute atomic E-state index is 12.1. The molecule has 0 radical (unpaired) electrons. The summed E-state index contributed by atoms with van der Waals surface area (Å²) in [4.78, 5) is 12.1. The summed E-state index contributed by atoms with van der Waals surface area (Å²) in [6, 6.07) is 6.49. The van der Waals surface area contributed by atoms with Gasteiger partial charge >= 0.3 is 0 Å². The number of nitrogen functional groups attached to an aromatic ring is 1. The van der Waals surface area contributed by atoms with Gasteiger partial charge < -0.3 is 5.73 Å². The molecule has 9 heteroatoms. The van der Waals surface area contributed by atoms with Crippen molar-refractivity contribution in [3.63, 3.8) is 0 Å². The van der Waals surface area contributed by atoms with E-state index in [0.29, 0.717) is 30.8 Å². The van der Waals surface area contributed by atoms with Crippen LogP contribution in [0.15, 0.2) is 29.4 Å². The van der Waals surface area contributed by atoms with Crippen molar-refractivity contribution in [1.29, 1.82) is 0 Å². The molecule has 0 bridgehead atoms. The molecule has 2 unspecified atom stereocenters. The number of carbonyl (C=O) groups excluding carboxylic acids is 1. The highest BCUT2D eigenvalue weighted by atomic mass is 32.2. The van der Waals surface area contributed by atoms with Gasteiger partial charge in [-0.1, -0.05) is 12.1 Å². The van der Waals surface area contributed by atoms with Gasteiger partial charge in [-0.2, -0.15) is 22.9 Å².